The minimum absolute atomic E-state index is 0.0822. The van der Waals surface area contributed by atoms with Crippen LogP contribution in [-0.4, -0.2) is 56.9 Å². The van der Waals surface area contributed by atoms with Gasteiger partial charge in [0.25, 0.3) is 0 Å². The Kier molecular flexibility index (Phi) is 6.05. The number of hydrogen-bond donors (Lipinski definition) is 1. The highest BCUT2D eigenvalue weighted by atomic mass is 16.5. The number of ether oxygens (including phenoxy) is 2. The Labute approximate surface area is 110 Å². The molecule has 0 aromatic carbocycles. The molecular formula is C13H26N2O3. The number of carbonyl (C=O) groups excluding carboxylic acids is 1. The van der Waals surface area contributed by atoms with Crippen LogP contribution in [0.15, 0.2) is 0 Å². The molecule has 2 N–H and O–H groups in total. The fraction of sp³-hybridized carbons (Fsp3) is 0.923. The lowest BCUT2D eigenvalue weighted by molar-refractivity contribution is -0.150. The lowest BCUT2D eigenvalue weighted by atomic mass is 9.78. The molecule has 1 fully saturated rings. The number of nitrogens with two attached hydrogens (primary N) is 1. The molecule has 0 radical (unpaired) electrons. The molecule has 0 aromatic heterocycles. The molecule has 1 unspecified atom stereocenters. The lowest BCUT2D eigenvalue weighted by Crippen LogP contribution is -2.54. The van der Waals surface area contributed by atoms with Crippen LogP contribution in [0.3, 0.4) is 0 Å². The largest absolute Gasteiger partial charge is 0.383 e. The second-order valence-corrected chi connectivity index (χ2v) is 4.99. The van der Waals surface area contributed by atoms with Crippen molar-refractivity contribution in [2.75, 3.05) is 40.0 Å². The van der Waals surface area contributed by atoms with Crippen LogP contribution < -0.4 is 5.73 Å². The van der Waals surface area contributed by atoms with Crippen molar-refractivity contribution in [2.24, 2.45) is 11.1 Å². The van der Waals surface area contributed by atoms with Crippen molar-refractivity contribution < 1.29 is 14.3 Å². The zero-order chi connectivity index (χ0) is 13.6. The zero-order valence-corrected chi connectivity index (χ0v) is 11.8. The molecule has 1 aliphatic rings. The van der Waals surface area contributed by atoms with E-state index in [1.54, 1.807) is 7.11 Å². The van der Waals surface area contributed by atoms with Gasteiger partial charge in [-0.2, -0.15) is 0 Å². The van der Waals surface area contributed by atoms with E-state index in [0.717, 1.165) is 12.8 Å². The van der Waals surface area contributed by atoms with E-state index in [-0.39, 0.29) is 11.9 Å². The van der Waals surface area contributed by atoms with E-state index in [1.807, 2.05) is 18.7 Å². The van der Waals surface area contributed by atoms with Crippen molar-refractivity contribution in [1.82, 2.24) is 4.90 Å². The highest BCUT2D eigenvalue weighted by molar-refractivity contribution is 5.83. The van der Waals surface area contributed by atoms with E-state index in [2.05, 4.69) is 0 Å². The molecule has 0 saturated carbocycles. The van der Waals surface area contributed by atoms with Crippen LogP contribution in [0, 0.1) is 5.41 Å². The normalized spacial score (nSPS) is 20.4. The number of rotatable bonds is 6. The summed E-state index contributed by atoms with van der Waals surface area (Å²) in [6.07, 6.45) is 1.44. The average Bonchev–Trinajstić information content (AvgIpc) is 2.40. The van der Waals surface area contributed by atoms with Crippen LogP contribution in [0.2, 0.25) is 0 Å². The van der Waals surface area contributed by atoms with Gasteiger partial charge in [0.05, 0.1) is 18.1 Å². The van der Waals surface area contributed by atoms with Crippen molar-refractivity contribution in [3.8, 4) is 0 Å². The van der Waals surface area contributed by atoms with Gasteiger partial charge in [0, 0.05) is 33.4 Å². The quantitative estimate of drug-likeness (QED) is 0.759. The molecule has 1 amide bonds. The van der Waals surface area contributed by atoms with Gasteiger partial charge in [-0.25, -0.2) is 0 Å². The maximum absolute atomic E-state index is 12.7. The standard InChI is InChI=1S/C13H26N2O3/c1-4-15(11(2)9-17-3)12(16)13(10-14)5-7-18-8-6-13/h11H,4-10,14H2,1-3H3. The average molecular weight is 258 g/mol. The number of nitrogens with zero attached hydrogens (tertiary/aromatic N) is 1. The summed E-state index contributed by atoms with van der Waals surface area (Å²) >= 11 is 0. The molecule has 106 valence electrons. The first-order valence-corrected chi connectivity index (χ1v) is 6.69. The van der Waals surface area contributed by atoms with Gasteiger partial charge >= 0.3 is 0 Å². The summed E-state index contributed by atoms with van der Waals surface area (Å²) in [6, 6.07) is 0.0822. The van der Waals surface area contributed by atoms with Gasteiger partial charge in [-0.15, -0.1) is 0 Å². The second-order valence-electron chi connectivity index (χ2n) is 4.99. The molecule has 1 saturated heterocycles. The first-order valence-electron chi connectivity index (χ1n) is 6.69. The highest BCUT2D eigenvalue weighted by Gasteiger charge is 2.42. The van der Waals surface area contributed by atoms with Crippen LogP contribution in [-0.2, 0) is 14.3 Å². The summed E-state index contributed by atoms with van der Waals surface area (Å²) < 4.78 is 10.5. The van der Waals surface area contributed by atoms with Gasteiger partial charge in [0.2, 0.25) is 5.91 Å². The third-order valence-electron chi connectivity index (χ3n) is 3.84. The molecule has 0 spiro atoms. The van der Waals surface area contributed by atoms with Crippen LogP contribution in [0.1, 0.15) is 26.7 Å². The van der Waals surface area contributed by atoms with E-state index >= 15 is 0 Å². The van der Waals surface area contributed by atoms with Crippen molar-refractivity contribution >= 4 is 5.91 Å². The summed E-state index contributed by atoms with van der Waals surface area (Å²) in [6.45, 7) is 6.88. The molecule has 0 aromatic rings. The predicted molar refractivity (Wildman–Crippen MR) is 70.3 cm³/mol. The molecule has 1 aliphatic heterocycles. The highest BCUT2D eigenvalue weighted by Crippen LogP contribution is 2.32. The molecule has 1 heterocycles. The summed E-state index contributed by atoms with van der Waals surface area (Å²) in [7, 11) is 1.65. The van der Waals surface area contributed by atoms with Gasteiger partial charge < -0.3 is 20.1 Å². The molecule has 1 atom stereocenters. The predicted octanol–water partition coefficient (Wildman–Crippen LogP) is 0.625. The molecule has 18 heavy (non-hydrogen) atoms. The Morgan fingerprint density at radius 1 is 1.50 bits per heavy atom. The first kappa shape index (κ1) is 15.4. The van der Waals surface area contributed by atoms with Gasteiger partial charge in [-0.05, 0) is 26.7 Å². The smallest absolute Gasteiger partial charge is 0.230 e. The minimum Gasteiger partial charge on any atom is -0.383 e. The van der Waals surface area contributed by atoms with E-state index in [9.17, 15) is 4.79 Å². The Morgan fingerprint density at radius 2 is 2.11 bits per heavy atom. The van der Waals surface area contributed by atoms with Gasteiger partial charge in [-0.3, -0.25) is 4.79 Å². The third-order valence-corrected chi connectivity index (χ3v) is 3.84. The Hall–Kier alpha value is -0.650. The Morgan fingerprint density at radius 3 is 2.56 bits per heavy atom. The summed E-state index contributed by atoms with van der Waals surface area (Å²) in [4.78, 5) is 14.6. The minimum atomic E-state index is -0.434. The number of methoxy groups -OCH3 is 1. The van der Waals surface area contributed by atoms with E-state index < -0.39 is 5.41 Å². The molecule has 5 nitrogen and oxygen atoms in total. The lowest BCUT2D eigenvalue weighted by Gasteiger charge is -2.40. The third kappa shape index (κ3) is 3.22. The fourth-order valence-electron chi connectivity index (χ4n) is 2.56. The maximum atomic E-state index is 12.7. The Bertz CT molecular complexity index is 265. The summed E-state index contributed by atoms with van der Waals surface area (Å²) in [5.41, 5.74) is 5.44. The van der Waals surface area contributed by atoms with E-state index in [4.69, 9.17) is 15.2 Å². The molecule has 0 aliphatic carbocycles. The topological polar surface area (TPSA) is 64.8 Å². The van der Waals surface area contributed by atoms with E-state index in [0.29, 0.717) is 32.9 Å². The van der Waals surface area contributed by atoms with Gasteiger partial charge in [0.15, 0.2) is 0 Å². The van der Waals surface area contributed by atoms with Crippen LogP contribution in [0.4, 0.5) is 0 Å². The van der Waals surface area contributed by atoms with Crippen molar-refractivity contribution in [2.45, 2.75) is 32.7 Å². The summed E-state index contributed by atoms with van der Waals surface area (Å²) in [5, 5.41) is 0. The molecule has 1 rings (SSSR count). The zero-order valence-electron chi connectivity index (χ0n) is 11.8. The number of carbonyl (C=O) groups is 1. The van der Waals surface area contributed by atoms with Crippen LogP contribution in [0.5, 0.6) is 0 Å². The SMILES string of the molecule is CCN(C(=O)C1(CN)CCOCC1)C(C)COC. The van der Waals surface area contributed by atoms with Gasteiger partial charge in [-0.1, -0.05) is 0 Å². The van der Waals surface area contributed by atoms with Crippen LogP contribution in [0.25, 0.3) is 0 Å². The van der Waals surface area contributed by atoms with Gasteiger partial charge in [0.1, 0.15) is 0 Å². The first-order chi connectivity index (χ1) is 8.61. The molecule has 0 bridgehead atoms. The Balaban J connectivity index is 2.80. The number of likely N-dealkylation sites (N-methyl/N-ethyl adjacent to an activating group) is 1. The van der Waals surface area contributed by atoms with Crippen molar-refractivity contribution in [3.05, 3.63) is 0 Å². The number of amides is 1. The monoisotopic (exact) mass is 258 g/mol. The second kappa shape index (κ2) is 7.07. The van der Waals surface area contributed by atoms with Crippen molar-refractivity contribution in [3.63, 3.8) is 0 Å². The fourth-order valence-corrected chi connectivity index (χ4v) is 2.56. The molecular weight excluding hydrogens is 232 g/mol. The number of hydrogen-bond acceptors (Lipinski definition) is 4. The van der Waals surface area contributed by atoms with Crippen LogP contribution >= 0.6 is 0 Å². The molecule has 5 heteroatoms. The van der Waals surface area contributed by atoms with Crippen molar-refractivity contribution in [1.29, 1.82) is 0 Å². The maximum Gasteiger partial charge on any atom is 0.230 e. The summed E-state index contributed by atoms with van der Waals surface area (Å²) in [5.74, 6) is 0.153. The van der Waals surface area contributed by atoms with E-state index in [1.165, 1.54) is 0 Å².